The van der Waals surface area contributed by atoms with Crippen LogP contribution in [0.5, 0.6) is 0 Å². The molecule has 0 spiro atoms. The maximum absolute atomic E-state index is 5.42. The van der Waals surface area contributed by atoms with Crippen LogP contribution >= 0.6 is 0 Å². The fraction of sp³-hybridized carbons (Fsp3) is 0.400. The summed E-state index contributed by atoms with van der Waals surface area (Å²) < 4.78 is 7.69. The van der Waals surface area contributed by atoms with Gasteiger partial charge in [-0.05, 0) is 31.0 Å². The zero-order chi connectivity index (χ0) is 17.1. The number of rotatable bonds is 5. The van der Waals surface area contributed by atoms with E-state index in [4.69, 9.17) is 4.74 Å². The van der Waals surface area contributed by atoms with Crippen LogP contribution in [0, 0.1) is 6.92 Å². The van der Waals surface area contributed by atoms with E-state index >= 15 is 0 Å². The van der Waals surface area contributed by atoms with Gasteiger partial charge in [-0.25, -0.2) is 4.98 Å². The highest BCUT2D eigenvalue weighted by atomic mass is 16.5. The molecule has 2 aromatic heterocycles. The van der Waals surface area contributed by atoms with Crippen molar-refractivity contribution in [3.8, 4) is 11.4 Å². The molecular weight excluding hydrogens is 312 g/mol. The predicted octanol–water partition coefficient (Wildman–Crippen LogP) is 3.13. The van der Waals surface area contributed by atoms with Crippen molar-refractivity contribution in [2.75, 3.05) is 32.8 Å². The number of pyridine rings is 1. The van der Waals surface area contributed by atoms with Gasteiger partial charge in [0.05, 0.1) is 18.7 Å². The molecule has 0 aliphatic carbocycles. The molecule has 1 aromatic carbocycles. The molecule has 5 nitrogen and oxygen atoms in total. The van der Waals surface area contributed by atoms with E-state index in [0.29, 0.717) is 0 Å². The first-order valence-electron chi connectivity index (χ1n) is 8.99. The molecule has 25 heavy (non-hydrogen) atoms. The second-order valence-corrected chi connectivity index (χ2v) is 6.58. The largest absolute Gasteiger partial charge is 0.379 e. The number of aromatic nitrogens is 3. The highest BCUT2D eigenvalue weighted by Crippen LogP contribution is 2.30. The van der Waals surface area contributed by atoms with Crippen LogP contribution in [-0.4, -0.2) is 52.3 Å². The molecule has 5 heteroatoms. The van der Waals surface area contributed by atoms with E-state index in [0.717, 1.165) is 57.2 Å². The van der Waals surface area contributed by atoms with Gasteiger partial charge in [0.1, 0.15) is 5.82 Å². The SMILES string of the molecule is Cc1ccc2ncccc2c1-c1nccn1CCCN1CCOCC1. The van der Waals surface area contributed by atoms with Crippen molar-refractivity contribution in [3.05, 3.63) is 48.4 Å². The molecule has 3 heterocycles. The van der Waals surface area contributed by atoms with Crippen LogP contribution in [0.25, 0.3) is 22.3 Å². The number of ether oxygens (including phenoxy) is 1. The molecule has 0 saturated carbocycles. The Hall–Kier alpha value is -2.24. The maximum Gasteiger partial charge on any atom is 0.140 e. The summed E-state index contributed by atoms with van der Waals surface area (Å²) in [5.41, 5.74) is 3.45. The van der Waals surface area contributed by atoms with Gasteiger partial charge >= 0.3 is 0 Å². The minimum absolute atomic E-state index is 0.860. The minimum Gasteiger partial charge on any atom is -0.379 e. The number of morpholine rings is 1. The van der Waals surface area contributed by atoms with Crippen molar-refractivity contribution in [3.63, 3.8) is 0 Å². The lowest BCUT2D eigenvalue weighted by atomic mass is 10.0. The van der Waals surface area contributed by atoms with Gasteiger partial charge < -0.3 is 9.30 Å². The first kappa shape index (κ1) is 16.2. The number of aryl methyl sites for hydroxylation is 2. The maximum atomic E-state index is 5.42. The lowest BCUT2D eigenvalue weighted by Crippen LogP contribution is -2.37. The van der Waals surface area contributed by atoms with Crippen LogP contribution < -0.4 is 0 Å². The smallest absolute Gasteiger partial charge is 0.140 e. The molecule has 0 N–H and O–H groups in total. The molecular formula is C20H24N4O. The molecule has 0 radical (unpaired) electrons. The Morgan fingerprint density at radius 1 is 1.04 bits per heavy atom. The third-order valence-electron chi connectivity index (χ3n) is 4.91. The lowest BCUT2D eigenvalue weighted by molar-refractivity contribution is 0.0369. The van der Waals surface area contributed by atoms with Crippen LogP contribution in [0.2, 0.25) is 0 Å². The predicted molar refractivity (Wildman–Crippen MR) is 99.6 cm³/mol. The van der Waals surface area contributed by atoms with Crippen molar-refractivity contribution in [2.24, 2.45) is 0 Å². The van der Waals surface area contributed by atoms with E-state index in [1.54, 1.807) is 0 Å². The fourth-order valence-electron chi connectivity index (χ4n) is 3.57. The lowest BCUT2D eigenvalue weighted by Gasteiger charge is -2.26. The van der Waals surface area contributed by atoms with Gasteiger partial charge in [0.2, 0.25) is 0 Å². The van der Waals surface area contributed by atoms with Crippen LogP contribution in [0.1, 0.15) is 12.0 Å². The Morgan fingerprint density at radius 2 is 1.92 bits per heavy atom. The third-order valence-corrected chi connectivity index (χ3v) is 4.91. The van der Waals surface area contributed by atoms with Gasteiger partial charge in [0, 0.05) is 55.7 Å². The monoisotopic (exact) mass is 336 g/mol. The van der Waals surface area contributed by atoms with Crippen LogP contribution in [-0.2, 0) is 11.3 Å². The summed E-state index contributed by atoms with van der Waals surface area (Å²) in [6.07, 6.45) is 6.95. The average molecular weight is 336 g/mol. The number of fused-ring (bicyclic) bond motifs is 1. The Bertz CT molecular complexity index is 852. The van der Waals surface area contributed by atoms with E-state index < -0.39 is 0 Å². The Labute approximate surface area is 148 Å². The first-order chi connectivity index (χ1) is 12.3. The molecule has 0 bridgehead atoms. The molecule has 1 aliphatic rings. The summed E-state index contributed by atoms with van der Waals surface area (Å²) in [5.74, 6) is 1.04. The minimum atomic E-state index is 0.860. The molecule has 1 fully saturated rings. The number of hydrogen-bond donors (Lipinski definition) is 0. The number of imidazole rings is 1. The quantitative estimate of drug-likeness (QED) is 0.718. The van der Waals surface area contributed by atoms with Crippen molar-refractivity contribution in [2.45, 2.75) is 19.9 Å². The van der Waals surface area contributed by atoms with E-state index in [1.165, 1.54) is 16.5 Å². The zero-order valence-corrected chi connectivity index (χ0v) is 14.7. The normalized spacial score (nSPS) is 15.7. The molecule has 0 unspecified atom stereocenters. The second kappa shape index (κ2) is 7.33. The zero-order valence-electron chi connectivity index (χ0n) is 14.7. The topological polar surface area (TPSA) is 43.2 Å². The summed E-state index contributed by atoms with van der Waals surface area (Å²) in [7, 11) is 0. The van der Waals surface area contributed by atoms with Gasteiger partial charge in [0.15, 0.2) is 0 Å². The number of nitrogens with zero attached hydrogens (tertiary/aromatic N) is 4. The van der Waals surface area contributed by atoms with E-state index in [2.05, 4.69) is 50.8 Å². The van der Waals surface area contributed by atoms with Gasteiger partial charge in [0.25, 0.3) is 0 Å². The van der Waals surface area contributed by atoms with Crippen LogP contribution in [0.15, 0.2) is 42.9 Å². The molecule has 0 atom stereocenters. The highest BCUT2D eigenvalue weighted by Gasteiger charge is 2.14. The van der Waals surface area contributed by atoms with Gasteiger partial charge in [-0.3, -0.25) is 9.88 Å². The number of hydrogen-bond acceptors (Lipinski definition) is 4. The van der Waals surface area contributed by atoms with Crippen molar-refractivity contribution < 1.29 is 4.74 Å². The van der Waals surface area contributed by atoms with E-state index in [9.17, 15) is 0 Å². The second-order valence-electron chi connectivity index (χ2n) is 6.58. The summed E-state index contributed by atoms with van der Waals surface area (Å²) >= 11 is 0. The Kier molecular flexibility index (Phi) is 4.76. The average Bonchev–Trinajstić information content (AvgIpc) is 3.10. The third kappa shape index (κ3) is 3.43. The van der Waals surface area contributed by atoms with Crippen molar-refractivity contribution >= 4 is 10.9 Å². The van der Waals surface area contributed by atoms with Crippen molar-refractivity contribution in [1.82, 2.24) is 19.4 Å². The standard InChI is InChI=1S/C20H24N4O/c1-16-5-6-18-17(4-2-7-21-18)19(16)20-22-8-11-24(20)10-3-9-23-12-14-25-15-13-23/h2,4-8,11H,3,9-10,12-15H2,1H3. The van der Waals surface area contributed by atoms with Gasteiger partial charge in [-0.15, -0.1) is 0 Å². The summed E-state index contributed by atoms with van der Waals surface area (Å²) in [5, 5.41) is 1.17. The van der Waals surface area contributed by atoms with E-state index in [-0.39, 0.29) is 0 Å². The highest BCUT2D eigenvalue weighted by molar-refractivity contribution is 5.94. The van der Waals surface area contributed by atoms with Gasteiger partial charge in [-0.1, -0.05) is 12.1 Å². The van der Waals surface area contributed by atoms with Crippen molar-refractivity contribution in [1.29, 1.82) is 0 Å². The molecule has 130 valence electrons. The van der Waals surface area contributed by atoms with Gasteiger partial charge in [-0.2, -0.15) is 0 Å². The number of benzene rings is 1. The van der Waals surface area contributed by atoms with Crippen LogP contribution in [0.4, 0.5) is 0 Å². The Morgan fingerprint density at radius 3 is 2.80 bits per heavy atom. The molecule has 3 aromatic rings. The Balaban J connectivity index is 1.56. The summed E-state index contributed by atoms with van der Waals surface area (Å²) in [4.78, 5) is 11.6. The molecule has 0 amide bonds. The molecule has 1 aliphatic heterocycles. The van der Waals surface area contributed by atoms with E-state index in [1.807, 2.05) is 18.5 Å². The molecule has 4 rings (SSSR count). The summed E-state index contributed by atoms with van der Waals surface area (Å²) in [6, 6.07) is 8.35. The molecule has 1 saturated heterocycles. The van der Waals surface area contributed by atoms with Crippen LogP contribution in [0.3, 0.4) is 0 Å². The first-order valence-corrected chi connectivity index (χ1v) is 8.99. The summed E-state index contributed by atoms with van der Waals surface area (Å²) in [6.45, 7) is 8.04. The fourth-order valence-corrected chi connectivity index (χ4v) is 3.57.